The molecule has 0 radical (unpaired) electrons. The molecule has 3 amide bonds. The Morgan fingerprint density at radius 3 is 2.39 bits per heavy atom. The summed E-state index contributed by atoms with van der Waals surface area (Å²) >= 11 is 0. The molecule has 0 bridgehead atoms. The van der Waals surface area contributed by atoms with Gasteiger partial charge in [-0.3, -0.25) is 29.7 Å². The standard InChI is InChI=1S/C23H37F3N6O4/c1-5-6-9-16(10-7-11-17-29-15(2)20(34)31(17)4)30(3)21(35)18(19(27)28)22(36)32(14-33)13-8-12-23(24,25)26/h14,16-17,35H,5-13H2,1-4H3,(H3,27,28)/b21-18+/t16-,17?/m1/s1. The lowest BCUT2D eigenvalue weighted by atomic mass is 10.0. The molecule has 1 aliphatic rings. The Balaban J connectivity index is 3.03. The first kappa shape index (κ1) is 30.9. The van der Waals surface area contributed by atoms with Gasteiger partial charge >= 0.3 is 6.18 Å². The third-order valence-electron chi connectivity index (χ3n) is 6.15. The van der Waals surface area contributed by atoms with E-state index >= 15 is 0 Å². The molecular formula is C23H37F3N6O4. The SMILES string of the molecule is CCCC[C@H](CCCC1N=C(C)C(=O)N1C)N(C)/C(O)=C(/C(=N)N)C(=O)N(C=O)CCCC(F)(F)F. The van der Waals surface area contributed by atoms with E-state index in [2.05, 4.69) is 4.99 Å². The number of aliphatic imine (C=N–C) groups is 1. The molecule has 10 nitrogen and oxygen atoms in total. The van der Waals surface area contributed by atoms with Gasteiger partial charge in [0.2, 0.25) is 12.3 Å². The number of hydrogen-bond acceptors (Lipinski definition) is 7. The van der Waals surface area contributed by atoms with Gasteiger partial charge in [0.1, 0.15) is 17.6 Å². The van der Waals surface area contributed by atoms with Crippen LogP contribution < -0.4 is 5.73 Å². The predicted octanol–water partition coefficient (Wildman–Crippen LogP) is 2.94. The number of halogens is 3. The minimum absolute atomic E-state index is 0.0609. The molecule has 0 aromatic carbocycles. The molecule has 1 heterocycles. The highest BCUT2D eigenvalue weighted by molar-refractivity contribution is 6.39. The number of nitrogens with zero attached hydrogens (tertiary/aromatic N) is 4. The van der Waals surface area contributed by atoms with Crippen molar-refractivity contribution in [1.29, 1.82) is 5.41 Å². The molecule has 2 atom stereocenters. The number of carbonyl (C=O) groups is 3. The Labute approximate surface area is 209 Å². The average molecular weight is 519 g/mol. The number of amides is 3. The molecule has 1 unspecified atom stereocenters. The highest BCUT2D eigenvalue weighted by atomic mass is 19.4. The molecule has 0 aromatic heterocycles. The first-order valence-electron chi connectivity index (χ1n) is 11.9. The third kappa shape index (κ3) is 8.83. The molecular weight excluding hydrogens is 481 g/mol. The Morgan fingerprint density at radius 2 is 1.92 bits per heavy atom. The van der Waals surface area contributed by atoms with Crippen molar-refractivity contribution in [2.45, 2.75) is 83.6 Å². The summed E-state index contributed by atoms with van der Waals surface area (Å²) in [4.78, 5) is 44.0. The van der Waals surface area contributed by atoms with E-state index in [9.17, 15) is 32.7 Å². The van der Waals surface area contributed by atoms with Gasteiger partial charge in [0.25, 0.3) is 11.8 Å². The topological polar surface area (TPSA) is 143 Å². The van der Waals surface area contributed by atoms with Crippen molar-refractivity contribution in [3.8, 4) is 0 Å². The molecule has 0 saturated carbocycles. The largest absolute Gasteiger partial charge is 0.494 e. The molecule has 0 fully saturated rings. The summed E-state index contributed by atoms with van der Waals surface area (Å²) in [6.45, 7) is 3.12. The lowest BCUT2D eigenvalue weighted by Crippen LogP contribution is -2.40. The quantitative estimate of drug-likeness (QED) is 0.1000. The molecule has 1 aliphatic heterocycles. The first-order chi connectivity index (χ1) is 16.7. The van der Waals surface area contributed by atoms with Gasteiger partial charge in [0.15, 0.2) is 0 Å². The number of carbonyl (C=O) groups excluding carboxylic acids is 3. The van der Waals surface area contributed by atoms with Crippen LogP contribution in [0.4, 0.5) is 13.2 Å². The fourth-order valence-corrected chi connectivity index (χ4v) is 4.00. The number of hydrogen-bond donors (Lipinski definition) is 3. The summed E-state index contributed by atoms with van der Waals surface area (Å²) in [6, 6.07) is -0.269. The molecule has 1 rings (SSSR count). The van der Waals surface area contributed by atoms with Crippen molar-refractivity contribution in [3.63, 3.8) is 0 Å². The van der Waals surface area contributed by atoms with E-state index in [0.29, 0.717) is 36.3 Å². The molecule has 4 N–H and O–H groups in total. The second-order valence-electron chi connectivity index (χ2n) is 8.88. The van der Waals surface area contributed by atoms with E-state index < -0.39 is 48.8 Å². The van der Waals surface area contributed by atoms with Gasteiger partial charge in [-0.05, 0) is 39.0 Å². The number of nitrogens with one attached hydrogen (secondary N) is 1. The summed E-state index contributed by atoms with van der Waals surface area (Å²) in [5.74, 6) is -2.70. The van der Waals surface area contributed by atoms with Gasteiger partial charge in [-0.2, -0.15) is 13.2 Å². The van der Waals surface area contributed by atoms with Crippen LogP contribution in [0.3, 0.4) is 0 Å². The van der Waals surface area contributed by atoms with Crippen molar-refractivity contribution < 1.29 is 32.7 Å². The van der Waals surface area contributed by atoms with E-state index in [4.69, 9.17) is 11.1 Å². The van der Waals surface area contributed by atoms with Crippen molar-refractivity contribution in [2.24, 2.45) is 10.7 Å². The number of aliphatic hydroxyl groups excluding tert-OH is 1. The highest BCUT2D eigenvalue weighted by Gasteiger charge is 2.31. The summed E-state index contributed by atoms with van der Waals surface area (Å²) in [5, 5.41) is 18.7. The zero-order valence-corrected chi connectivity index (χ0v) is 21.3. The van der Waals surface area contributed by atoms with Crippen LogP contribution >= 0.6 is 0 Å². The summed E-state index contributed by atoms with van der Waals surface area (Å²) in [6.07, 6.45) is -2.25. The van der Waals surface area contributed by atoms with Gasteiger partial charge in [-0.25, -0.2) is 0 Å². The molecule has 204 valence electrons. The van der Waals surface area contributed by atoms with Gasteiger partial charge in [-0.1, -0.05) is 19.8 Å². The Kier molecular flexibility index (Phi) is 11.9. The lowest BCUT2D eigenvalue weighted by molar-refractivity contribution is -0.142. The summed E-state index contributed by atoms with van der Waals surface area (Å²) < 4.78 is 37.4. The molecule has 0 aromatic rings. The van der Waals surface area contributed by atoms with Crippen LogP contribution in [0.2, 0.25) is 0 Å². The van der Waals surface area contributed by atoms with Gasteiger partial charge in [-0.15, -0.1) is 0 Å². The van der Waals surface area contributed by atoms with Crippen LogP contribution in [0.15, 0.2) is 16.4 Å². The normalized spacial score (nSPS) is 17.4. The minimum Gasteiger partial charge on any atom is -0.494 e. The smallest absolute Gasteiger partial charge is 0.389 e. The van der Waals surface area contributed by atoms with Crippen molar-refractivity contribution in [1.82, 2.24) is 14.7 Å². The number of amidine groups is 1. The zero-order chi connectivity index (χ0) is 27.6. The number of nitrogens with two attached hydrogens (primary N) is 1. The predicted molar refractivity (Wildman–Crippen MR) is 129 cm³/mol. The van der Waals surface area contributed by atoms with Crippen LogP contribution in [0.1, 0.15) is 65.2 Å². The van der Waals surface area contributed by atoms with Crippen molar-refractivity contribution in [2.75, 3.05) is 20.6 Å². The van der Waals surface area contributed by atoms with Crippen LogP contribution in [0.5, 0.6) is 0 Å². The van der Waals surface area contributed by atoms with E-state index in [0.717, 1.165) is 12.8 Å². The fraction of sp³-hybridized carbons (Fsp3) is 0.696. The third-order valence-corrected chi connectivity index (χ3v) is 6.15. The van der Waals surface area contributed by atoms with Crippen molar-refractivity contribution in [3.05, 3.63) is 11.5 Å². The van der Waals surface area contributed by atoms with Gasteiger partial charge in [0, 0.05) is 33.1 Å². The fourth-order valence-electron chi connectivity index (χ4n) is 4.00. The maximum absolute atomic E-state index is 12.8. The molecule has 13 heteroatoms. The van der Waals surface area contributed by atoms with Crippen LogP contribution in [-0.2, 0) is 14.4 Å². The monoisotopic (exact) mass is 518 g/mol. The average Bonchev–Trinajstić information content (AvgIpc) is 3.04. The van der Waals surface area contributed by atoms with Crippen molar-refractivity contribution >= 4 is 29.8 Å². The number of alkyl halides is 3. The van der Waals surface area contributed by atoms with Gasteiger partial charge < -0.3 is 20.6 Å². The molecule has 0 saturated heterocycles. The Morgan fingerprint density at radius 1 is 1.31 bits per heavy atom. The van der Waals surface area contributed by atoms with E-state index in [1.165, 1.54) is 11.9 Å². The maximum Gasteiger partial charge on any atom is 0.389 e. The highest BCUT2D eigenvalue weighted by Crippen LogP contribution is 2.24. The number of aliphatic hydroxyl groups is 1. The second kappa shape index (κ2) is 13.8. The van der Waals surface area contributed by atoms with Crippen LogP contribution in [0.25, 0.3) is 0 Å². The second-order valence-corrected chi connectivity index (χ2v) is 8.88. The van der Waals surface area contributed by atoms with E-state index in [1.54, 1.807) is 18.9 Å². The van der Waals surface area contributed by atoms with E-state index in [-0.39, 0.29) is 24.5 Å². The Bertz CT molecular complexity index is 874. The summed E-state index contributed by atoms with van der Waals surface area (Å²) in [7, 11) is 3.20. The molecule has 36 heavy (non-hydrogen) atoms. The summed E-state index contributed by atoms with van der Waals surface area (Å²) in [5.41, 5.74) is 5.33. The van der Waals surface area contributed by atoms with Crippen LogP contribution in [0, 0.1) is 5.41 Å². The zero-order valence-electron chi connectivity index (χ0n) is 21.3. The number of rotatable bonds is 15. The van der Waals surface area contributed by atoms with Gasteiger partial charge in [0.05, 0.1) is 5.71 Å². The number of unbranched alkanes of at least 4 members (excludes halogenated alkanes) is 1. The van der Waals surface area contributed by atoms with Crippen LogP contribution in [-0.4, -0.2) is 88.6 Å². The van der Waals surface area contributed by atoms with E-state index in [1.807, 2.05) is 6.92 Å². The lowest BCUT2D eigenvalue weighted by Gasteiger charge is -2.31. The number of imide groups is 1. The maximum atomic E-state index is 12.8. The minimum atomic E-state index is -4.45. The molecule has 0 spiro atoms. The first-order valence-corrected chi connectivity index (χ1v) is 11.9. The Hall–Kier alpha value is -3.12. The molecule has 0 aliphatic carbocycles.